The van der Waals surface area contributed by atoms with Crippen LogP contribution in [-0.2, 0) is 32.9 Å². The number of ether oxygens (including phenoxy) is 3. The van der Waals surface area contributed by atoms with Gasteiger partial charge in [-0.2, -0.15) is 4.98 Å². The second-order valence-electron chi connectivity index (χ2n) is 6.55. The number of nitrogens with one attached hydrogen (secondary N) is 1. The van der Waals surface area contributed by atoms with Crippen LogP contribution in [0, 0.1) is 0 Å². The molecule has 1 saturated heterocycles. The zero-order valence-electron chi connectivity index (χ0n) is 18.3. The summed E-state index contributed by atoms with van der Waals surface area (Å²) in [7, 11) is -4.14. The second-order valence-corrected chi connectivity index (χ2v) is 7.93. The van der Waals surface area contributed by atoms with E-state index >= 15 is 0 Å². The Morgan fingerprint density at radius 2 is 1.88 bits per heavy atom. The van der Waals surface area contributed by atoms with Gasteiger partial charge in [0.1, 0.15) is 18.1 Å². The van der Waals surface area contributed by atoms with Crippen molar-refractivity contribution >= 4 is 25.5 Å². The van der Waals surface area contributed by atoms with Gasteiger partial charge in [0, 0.05) is 12.6 Å². The van der Waals surface area contributed by atoms with Gasteiger partial charge in [0.25, 0.3) is 0 Å². The lowest BCUT2D eigenvalue weighted by atomic mass is 10.2. The van der Waals surface area contributed by atoms with Gasteiger partial charge in [0.2, 0.25) is 0 Å². The van der Waals surface area contributed by atoms with Gasteiger partial charge in [-0.1, -0.05) is 0 Å². The fourth-order valence-electron chi connectivity index (χ4n) is 2.55. The number of rotatable bonds is 10. The zero-order chi connectivity index (χ0) is 25.0. The Morgan fingerprint density at radius 1 is 1.30 bits per heavy atom. The SMILES string of the molecule is CCOC(=O)CNCC(=O)OCC.Nc1ccn([C@H]2C[C@H](O)[C@@H](COP(N)(=O)O)O2)c(=O)n1. The maximum atomic E-state index is 11.6. The van der Waals surface area contributed by atoms with Crippen LogP contribution in [0.3, 0.4) is 0 Å². The van der Waals surface area contributed by atoms with Gasteiger partial charge in [-0.25, -0.2) is 14.9 Å². The number of aliphatic hydroxyl groups is 1. The molecule has 0 amide bonds. The van der Waals surface area contributed by atoms with Gasteiger partial charge >= 0.3 is 25.4 Å². The van der Waals surface area contributed by atoms with E-state index < -0.39 is 31.9 Å². The molecule has 7 N–H and O–H groups in total. The summed E-state index contributed by atoms with van der Waals surface area (Å²) < 4.78 is 31.1. The molecule has 1 aromatic rings. The van der Waals surface area contributed by atoms with Crippen LogP contribution in [0.15, 0.2) is 17.1 Å². The van der Waals surface area contributed by atoms with Crippen LogP contribution >= 0.6 is 7.75 Å². The maximum absolute atomic E-state index is 11.6. The summed E-state index contributed by atoms with van der Waals surface area (Å²) in [4.78, 5) is 45.5. The first-order valence-electron chi connectivity index (χ1n) is 9.92. The van der Waals surface area contributed by atoms with Crippen molar-refractivity contribution in [3.63, 3.8) is 0 Å². The van der Waals surface area contributed by atoms with Crippen molar-refractivity contribution in [2.24, 2.45) is 5.50 Å². The molecular weight excluding hydrogens is 465 g/mol. The van der Waals surface area contributed by atoms with Crippen LogP contribution in [0.2, 0.25) is 0 Å². The molecule has 33 heavy (non-hydrogen) atoms. The molecule has 188 valence electrons. The van der Waals surface area contributed by atoms with Crippen LogP contribution in [-0.4, -0.2) is 76.6 Å². The fraction of sp³-hybridized carbons (Fsp3) is 0.647. The minimum Gasteiger partial charge on any atom is -0.465 e. The Hall–Kier alpha value is -2.39. The molecule has 15 nitrogen and oxygen atoms in total. The first-order valence-corrected chi connectivity index (χ1v) is 11.6. The number of aliphatic hydroxyl groups excluding tert-OH is 1. The van der Waals surface area contributed by atoms with Gasteiger partial charge in [0.15, 0.2) is 0 Å². The van der Waals surface area contributed by atoms with Crippen LogP contribution in [0.1, 0.15) is 26.5 Å². The quantitative estimate of drug-likeness (QED) is 0.179. The van der Waals surface area contributed by atoms with Gasteiger partial charge in [-0.15, -0.1) is 0 Å². The largest absolute Gasteiger partial charge is 0.465 e. The molecule has 0 aliphatic carbocycles. The predicted molar refractivity (Wildman–Crippen MR) is 114 cm³/mol. The monoisotopic (exact) mass is 495 g/mol. The summed E-state index contributed by atoms with van der Waals surface area (Å²) in [5, 5.41) is 12.4. The highest BCUT2D eigenvalue weighted by Gasteiger charge is 2.36. The van der Waals surface area contributed by atoms with Gasteiger partial charge < -0.3 is 29.9 Å². The van der Waals surface area contributed by atoms with Crippen LogP contribution < -0.4 is 22.2 Å². The van der Waals surface area contributed by atoms with Crippen LogP contribution in [0.25, 0.3) is 0 Å². The molecule has 4 atom stereocenters. The van der Waals surface area contributed by atoms with E-state index in [2.05, 4.69) is 24.3 Å². The summed E-state index contributed by atoms with van der Waals surface area (Å²) in [5.41, 5.74) is 9.57. The predicted octanol–water partition coefficient (Wildman–Crippen LogP) is -1.75. The Morgan fingerprint density at radius 3 is 2.36 bits per heavy atom. The third-order valence-corrected chi connectivity index (χ3v) is 4.46. The summed E-state index contributed by atoms with van der Waals surface area (Å²) in [6, 6.07) is 1.42. The number of esters is 2. The van der Waals surface area contributed by atoms with Crippen molar-refractivity contribution in [2.45, 2.75) is 38.7 Å². The third kappa shape index (κ3) is 11.3. The molecule has 2 heterocycles. The summed E-state index contributed by atoms with van der Waals surface area (Å²) in [5.74, 6) is -0.660. The normalized spacial score (nSPS) is 21.4. The maximum Gasteiger partial charge on any atom is 0.400 e. The lowest BCUT2D eigenvalue weighted by Gasteiger charge is -2.16. The molecule has 16 heteroatoms. The molecule has 1 aliphatic rings. The number of aromatic nitrogens is 2. The van der Waals surface area contributed by atoms with Crippen LogP contribution in [0.5, 0.6) is 0 Å². The summed E-state index contributed by atoms with van der Waals surface area (Å²) in [6.07, 6.45) is -1.08. The molecule has 0 spiro atoms. The van der Waals surface area contributed by atoms with Gasteiger partial charge in [0.05, 0.1) is 39.0 Å². The number of nitrogens with two attached hydrogens (primary N) is 2. The van der Waals surface area contributed by atoms with E-state index in [-0.39, 0.29) is 43.9 Å². The topological polar surface area (TPSA) is 228 Å². The number of carbonyl (C=O) groups is 2. The van der Waals surface area contributed by atoms with Crippen molar-refractivity contribution in [3.05, 3.63) is 22.7 Å². The van der Waals surface area contributed by atoms with E-state index in [1.165, 1.54) is 16.8 Å². The molecule has 2 rings (SSSR count). The average molecular weight is 495 g/mol. The number of hydrogen-bond acceptors (Lipinski definition) is 12. The highest BCUT2D eigenvalue weighted by molar-refractivity contribution is 7.50. The second kappa shape index (κ2) is 14.0. The van der Waals surface area contributed by atoms with Crippen molar-refractivity contribution in [1.82, 2.24) is 14.9 Å². The Labute approximate surface area is 189 Å². The first-order chi connectivity index (χ1) is 15.5. The van der Waals surface area contributed by atoms with Gasteiger partial charge in [-0.05, 0) is 19.9 Å². The Kier molecular flexibility index (Phi) is 12.2. The molecule has 0 radical (unpaired) electrons. The highest BCUT2D eigenvalue weighted by atomic mass is 31.2. The molecular formula is C17H30N5O10P. The average Bonchev–Trinajstić information content (AvgIpc) is 3.07. The van der Waals surface area contributed by atoms with E-state index in [4.69, 9.17) is 20.9 Å². The van der Waals surface area contributed by atoms with Crippen LogP contribution in [0.4, 0.5) is 5.82 Å². The lowest BCUT2D eigenvalue weighted by molar-refractivity contribution is -0.143. The van der Waals surface area contributed by atoms with Crippen molar-refractivity contribution in [1.29, 1.82) is 0 Å². The van der Waals surface area contributed by atoms with E-state index in [0.29, 0.717) is 13.2 Å². The molecule has 0 bridgehead atoms. The highest BCUT2D eigenvalue weighted by Crippen LogP contribution is 2.34. The molecule has 1 aromatic heterocycles. The number of anilines is 1. The third-order valence-electron chi connectivity index (χ3n) is 3.94. The molecule has 1 fully saturated rings. The smallest absolute Gasteiger partial charge is 0.400 e. The minimum absolute atomic E-state index is 0.0344. The number of hydrogen-bond donors (Lipinski definition) is 5. The van der Waals surface area contributed by atoms with E-state index in [1.54, 1.807) is 13.8 Å². The van der Waals surface area contributed by atoms with Crippen molar-refractivity contribution < 1.29 is 42.9 Å². The number of nitrogens with zero attached hydrogens (tertiary/aromatic N) is 2. The van der Waals surface area contributed by atoms with E-state index in [9.17, 15) is 24.1 Å². The van der Waals surface area contributed by atoms with E-state index in [0.717, 1.165) is 0 Å². The Balaban J connectivity index is 0.000000366. The van der Waals surface area contributed by atoms with E-state index in [1.807, 2.05) is 0 Å². The van der Waals surface area contributed by atoms with Crippen molar-refractivity contribution in [2.75, 3.05) is 38.6 Å². The molecule has 0 aromatic carbocycles. The molecule has 1 unspecified atom stereocenters. The fourth-order valence-corrected chi connectivity index (χ4v) is 2.91. The summed E-state index contributed by atoms with van der Waals surface area (Å²) >= 11 is 0. The zero-order valence-corrected chi connectivity index (χ0v) is 19.2. The van der Waals surface area contributed by atoms with Gasteiger partial charge in [-0.3, -0.25) is 24.0 Å². The minimum atomic E-state index is -4.14. The number of nitrogen functional groups attached to an aromatic ring is 1. The first kappa shape index (κ1) is 28.6. The number of carbonyl (C=O) groups excluding carboxylic acids is 2. The van der Waals surface area contributed by atoms with Crippen molar-refractivity contribution in [3.8, 4) is 0 Å². The summed E-state index contributed by atoms with van der Waals surface area (Å²) in [6.45, 7) is 3.85. The molecule has 1 aliphatic heterocycles. The molecule has 0 saturated carbocycles. The lowest BCUT2D eigenvalue weighted by Crippen LogP contribution is -2.30. The standard InChI is InChI=1S/C9H15N4O6P.C8H15NO4/c10-7-1-2-13(9(15)12-7)8-3-5(14)6(19-8)4-18-20(11,16)17;1-3-12-7(10)5-9-6-8(11)13-4-2/h1-2,5-6,8,14H,3-4H2,(H2,10,12,15)(H3,11,16,17);9H,3-6H2,1-2H3/t5-,6+,8+;/m0./s1. The Bertz CT molecular complexity index is 858.